The summed E-state index contributed by atoms with van der Waals surface area (Å²) in [5.74, 6) is 1.96. The summed E-state index contributed by atoms with van der Waals surface area (Å²) in [7, 11) is -0.659. The third kappa shape index (κ3) is 4.31. The molecule has 0 fully saturated rings. The lowest BCUT2D eigenvalue weighted by Gasteiger charge is -2.16. The van der Waals surface area contributed by atoms with Crippen molar-refractivity contribution in [3.8, 4) is 28.4 Å². The Hall–Kier alpha value is -3.03. The van der Waals surface area contributed by atoms with Gasteiger partial charge in [-0.25, -0.2) is 0 Å². The van der Waals surface area contributed by atoms with Crippen molar-refractivity contribution in [2.45, 2.75) is 31.3 Å². The van der Waals surface area contributed by atoms with Crippen molar-refractivity contribution in [2.75, 3.05) is 20.8 Å². The second-order valence-corrected chi connectivity index (χ2v) is 9.45. The predicted octanol–water partition coefficient (Wildman–Crippen LogP) is 4.70. The van der Waals surface area contributed by atoms with E-state index in [4.69, 9.17) is 18.4 Å². The van der Waals surface area contributed by atoms with E-state index in [0.29, 0.717) is 23.7 Å². The lowest BCUT2D eigenvalue weighted by Crippen LogP contribution is -2.23. The largest absolute Gasteiger partial charge is 0.493 e. The fourth-order valence-electron chi connectivity index (χ4n) is 3.92. The first-order valence-corrected chi connectivity index (χ1v) is 11.7. The van der Waals surface area contributed by atoms with E-state index in [9.17, 15) is 8.42 Å². The van der Waals surface area contributed by atoms with Crippen LogP contribution in [0, 0.1) is 13.8 Å². The zero-order valence-electron chi connectivity index (χ0n) is 18.5. The highest BCUT2D eigenvalue weighted by molar-refractivity contribution is 7.86. The molecule has 1 heterocycles. The topological polar surface area (TPSA) is 71.1 Å². The van der Waals surface area contributed by atoms with E-state index in [-0.39, 0.29) is 11.5 Å². The molecule has 3 aromatic rings. The molecule has 6 nitrogen and oxygen atoms in total. The van der Waals surface area contributed by atoms with Crippen molar-refractivity contribution in [1.82, 2.24) is 0 Å². The molecule has 0 saturated carbocycles. The zero-order chi connectivity index (χ0) is 22.9. The molecule has 7 heteroatoms. The monoisotopic (exact) mass is 454 g/mol. The number of benzene rings is 3. The van der Waals surface area contributed by atoms with E-state index in [2.05, 4.69) is 6.07 Å². The van der Waals surface area contributed by atoms with Gasteiger partial charge in [-0.15, -0.1) is 0 Å². The minimum absolute atomic E-state index is 0.0708. The van der Waals surface area contributed by atoms with Gasteiger partial charge in [0.15, 0.2) is 11.5 Å². The van der Waals surface area contributed by atoms with Crippen LogP contribution in [-0.2, 0) is 20.7 Å². The summed E-state index contributed by atoms with van der Waals surface area (Å²) >= 11 is 0. The number of para-hydroxylation sites is 1. The van der Waals surface area contributed by atoms with E-state index in [1.807, 2.05) is 38.1 Å². The van der Waals surface area contributed by atoms with Crippen LogP contribution in [0.15, 0.2) is 59.5 Å². The van der Waals surface area contributed by atoms with Crippen molar-refractivity contribution >= 4 is 10.1 Å². The zero-order valence-corrected chi connectivity index (χ0v) is 19.4. The molecule has 3 aromatic carbocycles. The van der Waals surface area contributed by atoms with Gasteiger partial charge in [0, 0.05) is 17.5 Å². The minimum Gasteiger partial charge on any atom is -0.493 e. The van der Waals surface area contributed by atoms with Crippen LogP contribution in [0.1, 0.15) is 16.7 Å². The highest BCUT2D eigenvalue weighted by Crippen LogP contribution is 2.46. The number of ether oxygens (including phenoxy) is 3. The Morgan fingerprint density at radius 1 is 0.938 bits per heavy atom. The van der Waals surface area contributed by atoms with Crippen LogP contribution < -0.4 is 14.2 Å². The molecular formula is C25H26O6S. The summed E-state index contributed by atoms with van der Waals surface area (Å²) in [5, 5.41) is 0. The number of hydrogen-bond donors (Lipinski definition) is 0. The van der Waals surface area contributed by atoms with E-state index in [1.54, 1.807) is 38.5 Å². The fraction of sp³-hybridized carbons (Fsp3) is 0.280. The van der Waals surface area contributed by atoms with Crippen LogP contribution >= 0.6 is 0 Å². The lowest BCUT2D eigenvalue weighted by atomic mass is 9.97. The van der Waals surface area contributed by atoms with Gasteiger partial charge in [-0.05, 0) is 49.2 Å². The second kappa shape index (κ2) is 8.84. The molecule has 0 aliphatic carbocycles. The predicted molar refractivity (Wildman–Crippen MR) is 122 cm³/mol. The molecule has 32 heavy (non-hydrogen) atoms. The summed E-state index contributed by atoms with van der Waals surface area (Å²) in [6.07, 6.45) is 0.141. The van der Waals surface area contributed by atoms with Crippen LogP contribution in [-0.4, -0.2) is 35.3 Å². The number of fused-ring (bicyclic) bond motifs is 1. The van der Waals surface area contributed by atoms with Crippen LogP contribution in [0.2, 0.25) is 0 Å². The molecule has 1 unspecified atom stereocenters. The van der Waals surface area contributed by atoms with Crippen molar-refractivity contribution in [2.24, 2.45) is 0 Å². The van der Waals surface area contributed by atoms with E-state index in [1.165, 1.54) is 0 Å². The Balaban J connectivity index is 1.59. The van der Waals surface area contributed by atoms with Gasteiger partial charge >= 0.3 is 0 Å². The highest BCUT2D eigenvalue weighted by atomic mass is 32.2. The Morgan fingerprint density at radius 3 is 2.38 bits per heavy atom. The van der Waals surface area contributed by atoms with Gasteiger partial charge in [0.1, 0.15) is 18.5 Å². The number of aryl methyl sites for hydroxylation is 2. The summed E-state index contributed by atoms with van der Waals surface area (Å²) in [6, 6.07) is 16.4. The first kappa shape index (κ1) is 22.2. The lowest BCUT2D eigenvalue weighted by molar-refractivity contribution is 0.152. The first-order valence-electron chi connectivity index (χ1n) is 10.3. The van der Waals surface area contributed by atoms with Crippen LogP contribution in [0.4, 0.5) is 0 Å². The molecule has 0 spiro atoms. The summed E-state index contributed by atoms with van der Waals surface area (Å²) < 4.78 is 47.7. The van der Waals surface area contributed by atoms with E-state index >= 15 is 0 Å². The molecule has 4 rings (SSSR count). The quantitative estimate of drug-likeness (QED) is 0.482. The van der Waals surface area contributed by atoms with Crippen molar-refractivity contribution in [1.29, 1.82) is 0 Å². The molecule has 0 aromatic heterocycles. The maximum absolute atomic E-state index is 12.6. The maximum Gasteiger partial charge on any atom is 0.297 e. The van der Waals surface area contributed by atoms with Gasteiger partial charge in [0.25, 0.3) is 10.1 Å². The minimum atomic E-state index is -3.86. The first-order chi connectivity index (χ1) is 15.3. The molecule has 0 radical (unpaired) electrons. The van der Waals surface area contributed by atoms with Gasteiger partial charge in [-0.2, -0.15) is 8.42 Å². The second-order valence-electron chi connectivity index (χ2n) is 7.84. The smallest absolute Gasteiger partial charge is 0.297 e. The molecule has 168 valence electrons. The van der Waals surface area contributed by atoms with Crippen LogP contribution in [0.25, 0.3) is 11.1 Å². The normalized spacial score (nSPS) is 15.2. The summed E-state index contributed by atoms with van der Waals surface area (Å²) in [5.41, 5.74) is 4.78. The van der Waals surface area contributed by atoms with E-state index < -0.39 is 16.2 Å². The standard InChI is InChI=1S/C25H26O6S/c1-16-8-10-20(11-9-16)32(26,27)30-15-19-14-18-12-17(2)13-22(24(18)31-19)21-6-5-7-23(28-3)25(21)29-4/h5-13,19H,14-15H2,1-4H3. The molecule has 1 atom stereocenters. The summed E-state index contributed by atoms with van der Waals surface area (Å²) in [6.45, 7) is 3.85. The molecule has 0 saturated heterocycles. The van der Waals surface area contributed by atoms with Crippen molar-refractivity contribution in [3.63, 3.8) is 0 Å². The Bertz CT molecular complexity index is 1230. The SMILES string of the molecule is COc1cccc(-c2cc(C)cc3c2OC(COS(=O)(=O)c2ccc(C)cc2)C3)c1OC. The maximum atomic E-state index is 12.6. The third-order valence-corrected chi connectivity index (χ3v) is 6.75. The number of hydrogen-bond acceptors (Lipinski definition) is 6. The van der Waals surface area contributed by atoms with Gasteiger partial charge in [0.05, 0.1) is 19.1 Å². The summed E-state index contributed by atoms with van der Waals surface area (Å²) in [4.78, 5) is 0.135. The Morgan fingerprint density at radius 2 is 1.69 bits per heavy atom. The molecule has 0 amide bonds. The average Bonchev–Trinajstić information content (AvgIpc) is 3.19. The molecule has 1 aliphatic rings. The molecular weight excluding hydrogens is 428 g/mol. The molecule has 1 aliphatic heterocycles. The fourth-order valence-corrected chi connectivity index (χ4v) is 4.86. The van der Waals surface area contributed by atoms with Crippen LogP contribution in [0.3, 0.4) is 0 Å². The number of methoxy groups -OCH3 is 2. The Labute approximate surface area is 188 Å². The highest BCUT2D eigenvalue weighted by Gasteiger charge is 2.30. The van der Waals surface area contributed by atoms with Gasteiger partial charge in [-0.3, -0.25) is 4.18 Å². The average molecular weight is 455 g/mol. The van der Waals surface area contributed by atoms with Crippen molar-refractivity contribution < 1.29 is 26.8 Å². The Kier molecular flexibility index (Phi) is 6.13. The van der Waals surface area contributed by atoms with E-state index in [0.717, 1.165) is 27.8 Å². The van der Waals surface area contributed by atoms with Gasteiger partial charge < -0.3 is 14.2 Å². The van der Waals surface area contributed by atoms with Crippen LogP contribution in [0.5, 0.6) is 17.2 Å². The van der Waals surface area contributed by atoms with Gasteiger partial charge in [0.2, 0.25) is 0 Å². The van der Waals surface area contributed by atoms with Crippen molar-refractivity contribution in [3.05, 3.63) is 71.3 Å². The van der Waals surface area contributed by atoms with Gasteiger partial charge in [-0.1, -0.05) is 35.9 Å². The third-order valence-electron chi connectivity index (χ3n) is 5.45. The molecule has 0 N–H and O–H groups in total. The number of rotatable bonds is 7. The molecule has 0 bridgehead atoms.